The molecule has 4 rings (SSSR count). The molecule has 10 heteroatoms. The van der Waals surface area contributed by atoms with Crippen LogP contribution in [0.15, 0.2) is 36.5 Å². The van der Waals surface area contributed by atoms with Gasteiger partial charge in [-0.05, 0) is 68.0 Å². The third kappa shape index (κ3) is 6.17. The molecule has 1 aliphatic rings. The van der Waals surface area contributed by atoms with Crippen LogP contribution in [0.5, 0.6) is 5.75 Å². The summed E-state index contributed by atoms with van der Waals surface area (Å²) < 4.78 is 46.0. The van der Waals surface area contributed by atoms with Crippen molar-refractivity contribution in [2.45, 2.75) is 38.7 Å². The number of fused-ring (bicyclic) bond motifs is 1. The average Bonchev–Trinajstić information content (AvgIpc) is 2.94. The number of rotatable bonds is 7. The van der Waals surface area contributed by atoms with Crippen molar-refractivity contribution in [3.63, 3.8) is 0 Å². The molecule has 7 nitrogen and oxygen atoms in total. The van der Waals surface area contributed by atoms with Crippen molar-refractivity contribution in [1.82, 2.24) is 15.4 Å². The molecule has 1 aliphatic heterocycles. The average molecular weight is 542 g/mol. The second-order valence-electron chi connectivity index (χ2n) is 9.84. The second-order valence-corrected chi connectivity index (χ2v) is 9.84. The maximum atomic E-state index is 13.8. The standard InChI is InChI=1S/C29H30F3N3O4/c1-18-17-33-24-6-5-21(39-2)16-22(24)26(18)25(36)7-8-29(28(37)34-38)9-12-35(13-10-29)11-3-4-19-14-20(30)15-23(31)27(19)32/h5-6,14-17,25,36,38H,7-13H2,1-2H3,(H,34,37)/t25-/m1/s1. The molecule has 3 aromatic rings. The van der Waals surface area contributed by atoms with Crippen LogP contribution in [0.3, 0.4) is 0 Å². The second kappa shape index (κ2) is 12.0. The molecule has 2 heterocycles. The number of carbonyl (C=O) groups is 1. The fourth-order valence-electron chi connectivity index (χ4n) is 5.16. The fraction of sp³-hybridized carbons (Fsp3) is 0.379. The van der Waals surface area contributed by atoms with Crippen molar-refractivity contribution in [3.05, 3.63) is 70.7 Å². The quantitative estimate of drug-likeness (QED) is 0.177. The third-order valence-electron chi connectivity index (χ3n) is 7.46. The van der Waals surface area contributed by atoms with Gasteiger partial charge in [0.05, 0.1) is 36.3 Å². The zero-order chi connectivity index (χ0) is 28.2. The van der Waals surface area contributed by atoms with Crippen molar-refractivity contribution < 1.29 is 33.0 Å². The number of hydroxylamine groups is 1. The number of likely N-dealkylation sites (tertiary alicyclic amines) is 1. The maximum Gasteiger partial charge on any atom is 0.249 e. The van der Waals surface area contributed by atoms with Crippen LogP contribution in [0.25, 0.3) is 10.9 Å². The van der Waals surface area contributed by atoms with Crippen LogP contribution >= 0.6 is 0 Å². The molecule has 0 aliphatic carbocycles. The maximum absolute atomic E-state index is 13.8. The minimum absolute atomic E-state index is 0.209. The van der Waals surface area contributed by atoms with Crippen LogP contribution in [-0.4, -0.2) is 52.8 Å². The topological polar surface area (TPSA) is 94.9 Å². The van der Waals surface area contributed by atoms with Crippen molar-refractivity contribution in [2.75, 3.05) is 26.7 Å². The van der Waals surface area contributed by atoms with Gasteiger partial charge in [0, 0.05) is 30.7 Å². The number of ether oxygens (including phenoxy) is 1. The first-order valence-corrected chi connectivity index (χ1v) is 12.6. The molecule has 2 aromatic carbocycles. The van der Waals surface area contributed by atoms with Gasteiger partial charge in [-0.25, -0.2) is 18.7 Å². The Morgan fingerprint density at radius 2 is 1.97 bits per heavy atom. The van der Waals surface area contributed by atoms with Gasteiger partial charge in [0.1, 0.15) is 11.6 Å². The lowest BCUT2D eigenvalue weighted by molar-refractivity contribution is -0.143. The number of nitrogens with zero attached hydrogens (tertiary/aromatic N) is 2. The largest absolute Gasteiger partial charge is 0.497 e. The van der Waals surface area contributed by atoms with Crippen LogP contribution in [0.1, 0.15) is 48.5 Å². The summed E-state index contributed by atoms with van der Waals surface area (Å²) in [5.41, 5.74) is 2.76. The van der Waals surface area contributed by atoms with E-state index in [9.17, 15) is 28.3 Å². The number of aliphatic hydroxyl groups excluding tert-OH is 1. The lowest BCUT2D eigenvalue weighted by atomic mass is 9.73. The molecule has 0 spiro atoms. The van der Waals surface area contributed by atoms with Gasteiger partial charge in [-0.1, -0.05) is 11.8 Å². The number of carbonyl (C=O) groups excluding carboxylic acids is 1. The van der Waals surface area contributed by atoms with E-state index < -0.39 is 34.9 Å². The molecule has 1 amide bonds. The molecule has 0 bridgehead atoms. The van der Waals surface area contributed by atoms with Gasteiger partial charge in [-0.2, -0.15) is 0 Å². The van der Waals surface area contributed by atoms with Crippen LogP contribution in [0.4, 0.5) is 13.2 Å². The van der Waals surface area contributed by atoms with E-state index >= 15 is 0 Å². The number of hydrogen-bond acceptors (Lipinski definition) is 6. The number of hydrogen-bond donors (Lipinski definition) is 3. The SMILES string of the molecule is COc1ccc2ncc(C)c([C@H](O)CCC3(C(=O)NO)CCN(CC#Cc4cc(F)cc(F)c4F)CC3)c2c1. The highest BCUT2D eigenvalue weighted by molar-refractivity contribution is 5.85. The molecule has 0 radical (unpaired) electrons. The Hall–Kier alpha value is -3.65. The highest BCUT2D eigenvalue weighted by atomic mass is 19.2. The molecule has 3 N–H and O–H groups in total. The molecule has 0 saturated carbocycles. The van der Waals surface area contributed by atoms with E-state index in [0.717, 1.165) is 17.0 Å². The number of amides is 1. The number of aliphatic hydroxyl groups is 1. The Kier molecular flexibility index (Phi) is 8.75. The van der Waals surface area contributed by atoms with Crippen molar-refractivity contribution in [1.29, 1.82) is 0 Å². The predicted octanol–water partition coefficient (Wildman–Crippen LogP) is 4.42. The highest BCUT2D eigenvalue weighted by Crippen LogP contribution is 2.40. The number of aromatic nitrogens is 1. The molecule has 1 aromatic heterocycles. The summed E-state index contributed by atoms with van der Waals surface area (Å²) in [7, 11) is 1.56. The van der Waals surface area contributed by atoms with Crippen molar-refractivity contribution in [3.8, 4) is 17.6 Å². The summed E-state index contributed by atoms with van der Waals surface area (Å²) in [4.78, 5) is 19.1. The van der Waals surface area contributed by atoms with E-state index in [1.807, 2.05) is 24.0 Å². The molecule has 0 unspecified atom stereocenters. The molecular formula is C29H30F3N3O4. The number of nitrogens with one attached hydrogen (secondary N) is 1. The lowest BCUT2D eigenvalue weighted by Crippen LogP contribution is -2.48. The van der Waals surface area contributed by atoms with E-state index in [4.69, 9.17) is 4.74 Å². The van der Waals surface area contributed by atoms with E-state index in [1.54, 1.807) is 24.9 Å². The van der Waals surface area contributed by atoms with Gasteiger partial charge in [0.25, 0.3) is 0 Å². The normalized spacial score (nSPS) is 15.9. The number of pyridine rings is 1. The highest BCUT2D eigenvalue weighted by Gasteiger charge is 2.41. The fourth-order valence-corrected chi connectivity index (χ4v) is 5.16. The number of piperidine rings is 1. The van der Waals surface area contributed by atoms with Crippen molar-refractivity contribution in [2.24, 2.45) is 5.41 Å². The molecule has 1 saturated heterocycles. The Labute approximate surface area is 224 Å². The van der Waals surface area contributed by atoms with Crippen LogP contribution < -0.4 is 10.2 Å². The first kappa shape index (κ1) is 28.4. The summed E-state index contributed by atoms with van der Waals surface area (Å²) >= 11 is 0. The molecule has 1 fully saturated rings. The first-order chi connectivity index (χ1) is 18.7. The minimum Gasteiger partial charge on any atom is -0.497 e. The minimum atomic E-state index is -1.30. The Bertz CT molecular complexity index is 1430. The lowest BCUT2D eigenvalue weighted by Gasteiger charge is -2.40. The van der Waals surface area contributed by atoms with Crippen molar-refractivity contribution >= 4 is 16.8 Å². The zero-order valence-electron chi connectivity index (χ0n) is 21.7. The smallest absolute Gasteiger partial charge is 0.249 e. The van der Waals surface area contributed by atoms with E-state index in [1.165, 1.54) is 0 Å². The van der Waals surface area contributed by atoms with E-state index in [2.05, 4.69) is 16.8 Å². The first-order valence-electron chi connectivity index (χ1n) is 12.6. The summed E-state index contributed by atoms with van der Waals surface area (Å²) in [5, 5.41) is 21.5. The van der Waals surface area contributed by atoms with Crippen LogP contribution in [0.2, 0.25) is 0 Å². The monoisotopic (exact) mass is 541 g/mol. The molecule has 206 valence electrons. The van der Waals surface area contributed by atoms with Gasteiger partial charge < -0.3 is 9.84 Å². The van der Waals surface area contributed by atoms with E-state index in [0.29, 0.717) is 55.2 Å². The van der Waals surface area contributed by atoms with Crippen LogP contribution in [-0.2, 0) is 4.79 Å². The van der Waals surface area contributed by atoms with Gasteiger partial charge in [-0.15, -0.1) is 0 Å². The van der Waals surface area contributed by atoms with Crippen LogP contribution in [0, 0.1) is 41.6 Å². The zero-order valence-corrected chi connectivity index (χ0v) is 21.7. The molecule has 1 atom stereocenters. The Balaban J connectivity index is 1.45. The Morgan fingerprint density at radius 3 is 2.67 bits per heavy atom. The number of benzene rings is 2. The van der Waals surface area contributed by atoms with Gasteiger partial charge >= 0.3 is 0 Å². The molecule has 39 heavy (non-hydrogen) atoms. The van der Waals surface area contributed by atoms with Gasteiger partial charge in [-0.3, -0.25) is 19.9 Å². The predicted molar refractivity (Wildman–Crippen MR) is 138 cm³/mol. The molecular weight excluding hydrogens is 511 g/mol. The summed E-state index contributed by atoms with van der Waals surface area (Å²) in [6.45, 7) is 2.98. The van der Waals surface area contributed by atoms with Gasteiger partial charge in [0.2, 0.25) is 5.91 Å². The van der Waals surface area contributed by atoms with E-state index in [-0.39, 0.29) is 18.5 Å². The number of halogens is 3. The third-order valence-corrected chi connectivity index (χ3v) is 7.46. The summed E-state index contributed by atoms with van der Waals surface area (Å²) in [6, 6.07) is 6.75. The summed E-state index contributed by atoms with van der Waals surface area (Å²) in [6.07, 6.45) is 2.20. The van der Waals surface area contributed by atoms with Gasteiger partial charge in [0.15, 0.2) is 11.6 Å². The summed E-state index contributed by atoms with van der Waals surface area (Å²) in [5.74, 6) is 1.92. The Morgan fingerprint density at radius 1 is 1.23 bits per heavy atom. The number of aryl methyl sites for hydroxylation is 1. The number of methoxy groups -OCH3 is 1.